The maximum Gasteiger partial charge on any atom is 0.0724 e. The van der Waals surface area contributed by atoms with Crippen LogP contribution in [-0.4, -0.2) is 50.3 Å². The van der Waals surface area contributed by atoms with Crippen molar-refractivity contribution in [2.24, 2.45) is 11.8 Å². The Labute approximate surface area is 131 Å². The molecule has 0 bridgehead atoms. The third-order valence-electron chi connectivity index (χ3n) is 5.61. The van der Waals surface area contributed by atoms with Gasteiger partial charge in [0.15, 0.2) is 0 Å². The summed E-state index contributed by atoms with van der Waals surface area (Å²) in [6.07, 6.45) is 10.1. The SMILES string of the molecule is CCCNC(CN1CCC(C)C(OC)C1)C1CCCCC1. The molecule has 1 aliphatic carbocycles. The van der Waals surface area contributed by atoms with E-state index in [1.54, 1.807) is 0 Å². The van der Waals surface area contributed by atoms with Gasteiger partial charge in [0.25, 0.3) is 0 Å². The number of nitrogens with zero attached hydrogens (tertiary/aromatic N) is 1. The quantitative estimate of drug-likeness (QED) is 0.780. The van der Waals surface area contributed by atoms with E-state index in [9.17, 15) is 0 Å². The Morgan fingerprint density at radius 2 is 1.95 bits per heavy atom. The predicted octanol–water partition coefficient (Wildman–Crippen LogP) is 3.29. The number of ether oxygens (including phenoxy) is 1. The van der Waals surface area contributed by atoms with Crippen LogP contribution in [0, 0.1) is 11.8 Å². The number of rotatable bonds is 7. The molecular weight excluding hydrogens is 260 g/mol. The van der Waals surface area contributed by atoms with E-state index in [0.717, 1.165) is 12.5 Å². The minimum atomic E-state index is 0.428. The molecule has 0 aromatic carbocycles. The van der Waals surface area contributed by atoms with Crippen molar-refractivity contribution in [1.82, 2.24) is 10.2 Å². The van der Waals surface area contributed by atoms with Crippen molar-refractivity contribution in [1.29, 1.82) is 0 Å². The molecule has 3 atom stereocenters. The number of methoxy groups -OCH3 is 1. The second-order valence-electron chi connectivity index (χ2n) is 7.26. The lowest BCUT2D eigenvalue weighted by atomic mass is 9.83. The molecule has 0 aromatic rings. The van der Waals surface area contributed by atoms with Gasteiger partial charge >= 0.3 is 0 Å². The maximum atomic E-state index is 5.68. The van der Waals surface area contributed by atoms with Crippen molar-refractivity contribution in [3.8, 4) is 0 Å². The van der Waals surface area contributed by atoms with Gasteiger partial charge in [0.05, 0.1) is 6.10 Å². The van der Waals surface area contributed by atoms with Gasteiger partial charge < -0.3 is 10.1 Å². The number of hydrogen-bond donors (Lipinski definition) is 1. The topological polar surface area (TPSA) is 24.5 Å². The molecule has 3 unspecified atom stereocenters. The monoisotopic (exact) mass is 296 g/mol. The van der Waals surface area contributed by atoms with E-state index in [4.69, 9.17) is 4.74 Å². The fraction of sp³-hybridized carbons (Fsp3) is 1.00. The highest BCUT2D eigenvalue weighted by Crippen LogP contribution is 2.28. The van der Waals surface area contributed by atoms with Crippen LogP contribution in [0.25, 0.3) is 0 Å². The summed E-state index contributed by atoms with van der Waals surface area (Å²) < 4.78 is 5.68. The van der Waals surface area contributed by atoms with Crippen LogP contribution in [0.1, 0.15) is 58.8 Å². The van der Waals surface area contributed by atoms with Crippen LogP contribution in [0.2, 0.25) is 0 Å². The molecule has 0 aromatic heterocycles. The Morgan fingerprint density at radius 1 is 1.19 bits per heavy atom. The summed E-state index contributed by atoms with van der Waals surface area (Å²) in [4.78, 5) is 2.65. The molecule has 0 radical (unpaired) electrons. The molecule has 1 aliphatic heterocycles. The van der Waals surface area contributed by atoms with Crippen LogP contribution < -0.4 is 5.32 Å². The molecule has 0 amide bonds. The average molecular weight is 296 g/mol. The predicted molar refractivity (Wildman–Crippen MR) is 89.7 cm³/mol. The van der Waals surface area contributed by atoms with Crippen LogP contribution >= 0.6 is 0 Å². The van der Waals surface area contributed by atoms with Crippen molar-refractivity contribution in [2.45, 2.75) is 70.9 Å². The highest BCUT2D eigenvalue weighted by Gasteiger charge is 2.30. The minimum absolute atomic E-state index is 0.428. The molecule has 2 rings (SSSR count). The molecule has 1 heterocycles. The van der Waals surface area contributed by atoms with Gasteiger partial charge in [-0.15, -0.1) is 0 Å². The highest BCUT2D eigenvalue weighted by molar-refractivity contribution is 4.86. The molecular formula is C18H36N2O. The van der Waals surface area contributed by atoms with Gasteiger partial charge in [0, 0.05) is 26.2 Å². The normalized spacial score (nSPS) is 30.4. The van der Waals surface area contributed by atoms with E-state index in [2.05, 4.69) is 24.1 Å². The smallest absolute Gasteiger partial charge is 0.0724 e. The lowest BCUT2D eigenvalue weighted by molar-refractivity contribution is -0.0100. The van der Waals surface area contributed by atoms with Crippen molar-refractivity contribution >= 4 is 0 Å². The Balaban J connectivity index is 1.87. The Morgan fingerprint density at radius 3 is 2.62 bits per heavy atom. The lowest BCUT2D eigenvalue weighted by Gasteiger charge is -2.40. The van der Waals surface area contributed by atoms with Crippen LogP contribution in [0.3, 0.4) is 0 Å². The van der Waals surface area contributed by atoms with Gasteiger partial charge in [-0.05, 0) is 50.6 Å². The molecule has 124 valence electrons. The minimum Gasteiger partial charge on any atom is -0.380 e. The summed E-state index contributed by atoms with van der Waals surface area (Å²) >= 11 is 0. The Kier molecular flexibility index (Phi) is 7.48. The molecule has 3 heteroatoms. The zero-order valence-corrected chi connectivity index (χ0v) is 14.4. The number of nitrogens with one attached hydrogen (secondary N) is 1. The average Bonchev–Trinajstić information content (AvgIpc) is 2.53. The van der Waals surface area contributed by atoms with Gasteiger partial charge in [-0.25, -0.2) is 0 Å². The van der Waals surface area contributed by atoms with E-state index in [1.165, 1.54) is 64.6 Å². The first-order valence-corrected chi connectivity index (χ1v) is 9.23. The molecule has 1 saturated heterocycles. The van der Waals surface area contributed by atoms with Gasteiger partial charge in [-0.1, -0.05) is 33.1 Å². The Bertz CT molecular complexity index is 278. The Hall–Kier alpha value is -0.120. The van der Waals surface area contributed by atoms with Crippen LogP contribution in [-0.2, 0) is 4.74 Å². The molecule has 1 N–H and O–H groups in total. The molecule has 21 heavy (non-hydrogen) atoms. The summed E-state index contributed by atoms with van der Waals surface area (Å²) in [5.74, 6) is 1.61. The van der Waals surface area contributed by atoms with Gasteiger partial charge in [-0.2, -0.15) is 0 Å². The third-order valence-corrected chi connectivity index (χ3v) is 5.61. The fourth-order valence-corrected chi connectivity index (χ4v) is 4.10. The summed E-state index contributed by atoms with van der Waals surface area (Å²) in [6.45, 7) is 9.36. The summed E-state index contributed by atoms with van der Waals surface area (Å²) in [6, 6.07) is 0.691. The third kappa shape index (κ3) is 5.22. The van der Waals surface area contributed by atoms with Crippen LogP contribution in [0.4, 0.5) is 0 Å². The van der Waals surface area contributed by atoms with E-state index < -0.39 is 0 Å². The standard InChI is InChI=1S/C18H36N2O/c1-4-11-19-17(16-8-6-5-7-9-16)13-20-12-10-15(2)18(14-20)21-3/h15-19H,4-14H2,1-3H3. The summed E-state index contributed by atoms with van der Waals surface area (Å²) in [5, 5.41) is 3.85. The molecule has 3 nitrogen and oxygen atoms in total. The maximum absolute atomic E-state index is 5.68. The van der Waals surface area contributed by atoms with Crippen molar-refractivity contribution < 1.29 is 4.74 Å². The summed E-state index contributed by atoms with van der Waals surface area (Å²) in [5.41, 5.74) is 0. The van der Waals surface area contributed by atoms with Crippen LogP contribution in [0.5, 0.6) is 0 Å². The second kappa shape index (κ2) is 9.12. The summed E-state index contributed by atoms with van der Waals surface area (Å²) in [7, 11) is 1.87. The largest absolute Gasteiger partial charge is 0.380 e. The second-order valence-corrected chi connectivity index (χ2v) is 7.26. The number of piperidine rings is 1. The number of likely N-dealkylation sites (tertiary alicyclic amines) is 1. The van der Waals surface area contributed by atoms with Crippen LogP contribution in [0.15, 0.2) is 0 Å². The van der Waals surface area contributed by atoms with E-state index in [1.807, 2.05) is 7.11 Å². The lowest BCUT2D eigenvalue weighted by Crippen LogP contribution is -2.51. The zero-order valence-electron chi connectivity index (χ0n) is 14.4. The van der Waals surface area contributed by atoms with Gasteiger partial charge in [0.2, 0.25) is 0 Å². The molecule has 0 spiro atoms. The van der Waals surface area contributed by atoms with E-state index in [-0.39, 0.29) is 0 Å². The van der Waals surface area contributed by atoms with E-state index in [0.29, 0.717) is 18.1 Å². The molecule has 1 saturated carbocycles. The first-order valence-electron chi connectivity index (χ1n) is 9.23. The fourth-order valence-electron chi connectivity index (χ4n) is 4.10. The van der Waals surface area contributed by atoms with Crippen molar-refractivity contribution in [3.05, 3.63) is 0 Å². The molecule has 2 aliphatic rings. The molecule has 2 fully saturated rings. The van der Waals surface area contributed by atoms with Gasteiger partial charge in [0.1, 0.15) is 0 Å². The van der Waals surface area contributed by atoms with Crippen molar-refractivity contribution in [2.75, 3.05) is 33.3 Å². The van der Waals surface area contributed by atoms with Gasteiger partial charge in [-0.3, -0.25) is 4.90 Å². The highest BCUT2D eigenvalue weighted by atomic mass is 16.5. The first kappa shape index (κ1) is 17.2. The van der Waals surface area contributed by atoms with E-state index >= 15 is 0 Å². The number of hydrogen-bond acceptors (Lipinski definition) is 3. The first-order chi connectivity index (χ1) is 10.2. The zero-order chi connectivity index (χ0) is 15.1. The van der Waals surface area contributed by atoms with Crippen molar-refractivity contribution in [3.63, 3.8) is 0 Å².